The molecule has 3 aromatic carbocycles. The number of nitrogens with zero attached hydrogens (tertiary/aromatic N) is 5. The number of ether oxygens (including phenoxy) is 2. The maximum atomic E-state index is 12.6. The average molecular weight is 684 g/mol. The highest BCUT2D eigenvalue weighted by Crippen LogP contribution is 2.37. The summed E-state index contributed by atoms with van der Waals surface area (Å²) in [7, 11) is 0. The zero-order valence-corrected chi connectivity index (χ0v) is 29.1. The molecule has 1 fully saturated rings. The summed E-state index contributed by atoms with van der Waals surface area (Å²) in [5.41, 5.74) is 6.05. The zero-order chi connectivity index (χ0) is 35.5. The summed E-state index contributed by atoms with van der Waals surface area (Å²) in [6, 6.07) is 24.7. The molecule has 51 heavy (non-hydrogen) atoms. The van der Waals surface area contributed by atoms with Crippen molar-refractivity contribution in [2.24, 2.45) is 0 Å². The van der Waals surface area contributed by atoms with Crippen LogP contribution in [0.15, 0.2) is 104 Å². The summed E-state index contributed by atoms with van der Waals surface area (Å²) in [6.45, 7) is 9.37. The fourth-order valence-corrected chi connectivity index (χ4v) is 6.62. The van der Waals surface area contributed by atoms with Gasteiger partial charge in [-0.05, 0) is 66.6 Å². The van der Waals surface area contributed by atoms with Gasteiger partial charge in [0.2, 0.25) is 0 Å². The monoisotopic (exact) mass is 683 g/mol. The minimum Gasteiger partial charge on any atom is -0.493 e. The lowest BCUT2D eigenvalue weighted by Crippen LogP contribution is -2.49. The lowest BCUT2D eigenvalue weighted by molar-refractivity contribution is 0.0139. The van der Waals surface area contributed by atoms with Crippen LogP contribution in [0, 0.1) is 0 Å². The Balaban J connectivity index is 1.10. The molecule has 0 aliphatic carbocycles. The first-order chi connectivity index (χ1) is 24.6. The Kier molecular flexibility index (Phi) is 9.42. The van der Waals surface area contributed by atoms with E-state index in [2.05, 4.69) is 63.4 Å². The van der Waals surface area contributed by atoms with E-state index < -0.39 is 11.7 Å². The topological polar surface area (TPSA) is 110 Å². The number of carbonyl (C=O) groups is 2. The first kappa shape index (κ1) is 33.7. The lowest BCUT2D eigenvalue weighted by atomic mass is 9.98. The first-order valence-corrected chi connectivity index (χ1v) is 17.2. The Morgan fingerprint density at radius 1 is 0.804 bits per heavy atom. The van der Waals surface area contributed by atoms with Crippen LogP contribution in [0.1, 0.15) is 31.9 Å². The van der Waals surface area contributed by atoms with Crippen molar-refractivity contribution in [3.63, 3.8) is 0 Å². The number of fused-ring (bicyclic) bond motifs is 2. The van der Waals surface area contributed by atoms with E-state index in [4.69, 9.17) is 9.47 Å². The van der Waals surface area contributed by atoms with Gasteiger partial charge >= 0.3 is 12.2 Å². The second-order valence-corrected chi connectivity index (χ2v) is 13.9. The van der Waals surface area contributed by atoms with Crippen LogP contribution < -0.4 is 4.74 Å². The number of carboxylic acid groups (broad SMARTS) is 1. The minimum absolute atomic E-state index is 0.280. The molecule has 260 valence electrons. The molecule has 1 aliphatic heterocycles. The van der Waals surface area contributed by atoms with Crippen molar-refractivity contribution < 1.29 is 24.2 Å². The number of hydrogen-bond donors (Lipinski definition) is 1. The third kappa shape index (κ3) is 7.56. The number of aromatic nitrogens is 3. The average Bonchev–Trinajstić information content (AvgIpc) is 3.51. The molecule has 0 bridgehead atoms. The van der Waals surface area contributed by atoms with E-state index in [9.17, 15) is 14.7 Å². The predicted molar refractivity (Wildman–Crippen MR) is 198 cm³/mol. The van der Waals surface area contributed by atoms with Crippen LogP contribution in [0.4, 0.5) is 9.59 Å². The Hall–Kier alpha value is -5.74. The Morgan fingerprint density at radius 3 is 2.27 bits per heavy atom. The maximum absolute atomic E-state index is 12.6. The van der Waals surface area contributed by atoms with Gasteiger partial charge in [-0.25, -0.2) is 9.59 Å². The number of benzene rings is 3. The fourth-order valence-electron chi connectivity index (χ4n) is 6.62. The molecule has 0 unspecified atom stereocenters. The van der Waals surface area contributed by atoms with Gasteiger partial charge in [-0.1, -0.05) is 54.6 Å². The van der Waals surface area contributed by atoms with Gasteiger partial charge < -0.3 is 19.5 Å². The quantitative estimate of drug-likeness (QED) is 0.171. The Labute approximate surface area is 296 Å². The molecule has 10 nitrogen and oxygen atoms in total. The molecule has 7 rings (SSSR count). The Bertz CT molecular complexity index is 2190. The summed E-state index contributed by atoms with van der Waals surface area (Å²) >= 11 is 0. The molecule has 1 amide bonds. The molecule has 0 atom stereocenters. The van der Waals surface area contributed by atoms with Crippen molar-refractivity contribution in [2.75, 3.05) is 32.8 Å². The number of piperazine rings is 1. The third-order valence-corrected chi connectivity index (χ3v) is 9.18. The molecule has 3 aromatic heterocycles. The van der Waals surface area contributed by atoms with E-state index >= 15 is 0 Å². The van der Waals surface area contributed by atoms with Crippen molar-refractivity contribution in [2.45, 2.75) is 39.3 Å². The molecule has 1 N–H and O–H groups in total. The number of rotatable bonds is 8. The van der Waals surface area contributed by atoms with Gasteiger partial charge in [0.1, 0.15) is 11.4 Å². The van der Waals surface area contributed by atoms with Gasteiger partial charge in [0, 0.05) is 92.0 Å². The van der Waals surface area contributed by atoms with E-state index in [1.165, 1.54) is 4.57 Å². The van der Waals surface area contributed by atoms with Gasteiger partial charge in [-0.3, -0.25) is 19.4 Å². The van der Waals surface area contributed by atoms with Gasteiger partial charge in [-0.15, -0.1) is 0 Å². The second kappa shape index (κ2) is 14.2. The van der Waals surface area contributed by atoms with Crippen LogP contribution in [-0.2, 0) is 17.7 Å². The molecular formula is C41H41N5O5. The van der Waals surface area contributed by atoms with Crippen LogP contribution in [0.3, 0.4) is 0 Å². The normalized spacial score (nSPS) is 13.8. The lowest BCUT2D eigenvalue weighted by Gasteiger charge is -2.35. The molecule has 0 saturated carbocycles. The summed E-state index contributed by atoms with van der Waals surface area (Å²) in [4.78, 5) is 37.4. The van der Waals surface area contributed by atoms with Gasteiger partial charge in [-0.2, -0.15) is 0 Å². The molecular weight excluding hydrogens is 642 g/mol. The standard InChI is InChI=1S/C41H41N5O5/c1-41(2,3)51-40(49)45-20-18-44(19-21-45)26-29-9-12-33(36-27-46(39(47)48)37-14-17-43-25-35(36)37)38(23-29)50-22-15-28-7-10-31(11-8-28)32-6-4-5-30-13-16-42-24-34(30)32/h4-14,16-17,23-25,27H,15,18-22,26H2,1-3H3,(H,47,48). The van der Waals surface area contributed by atoms with E-state index in [1.807, 2.05) is 51.4 Å². The highest BCUT2D eigenvalue weighted by atomic mass is 16.6. The molecule has 4 heterocycles. The second-order valence-electron chi connectivity index (χ2n) is 13.9. The highest BCUT2D eigenvalue weighted by Gasteiger charge is 2.26. The van der Waals surface area contributed by atoms with Crippen LogP contribution in [0.25, 0.3) is 43.9 Å². The molecule has 1 aliphatic rings. The zero-order valence-electron chi connectivity index (χ0n) is 29.1. The van der Waals surface area contributed by atoms with Crippen LogP contribution >= 0.6 is 0 Å². The third-order valence-electron chi connectivity index (χ3n) is 9.18. The molecule has 10 heteroatoms. The van der Waals surface area contributed by atoms with Gasteiger partial charge in [0.05, 0.1) is 12.1 Å². The van der Waals surface area contributed by atoms with Crippen LogP contribution in [0.2, 0.25) is 0 Å². The Morgan fingerprint density at radius 2 is 1.53 bits per heavy atom. The number of amides is 1. The predicted octanol–water partition coefficient (Wildman–Crippen LogP) is 8.12. The molecule has 0 spiro atoms. The van der Waals surface area contributed by atoms with E-state index in [1.54, 1.807) is 29.6 Å². The molecule has 1 saturated heterocycles. The van der Waals surface area contributed by atoms with E-state index in [0.29, 0.717) is 43.9 Å². The number of hydrogen-bond acceptors (Lipinski definition) is 7. The fraction of sp³-hybridized carbons (Fsp3) is 0.268. The summed E-state index contributed by atoms with van der Waals surface area (Å²) < 4.78 is 13.3. The minimum atomic E-state index is -1.06. The van der Waals surface area contributed by atoms with Crippen LogP contribution in [0.5, 0.6) is 5.75 Å². The summed E-state index contributed by atoms with van der Waals surface area (Å²) in [5, 5.41) is 12.9. The van der Waals surface area contributed by atoms with Crippen LogP contribution in [-0.4, -0.2) is 80.0 Å². The van der Waals surface area contributed by atoms with Crippen molar-refractivity contribution >= 4 is 33.9 Å². The summed E-state index contributed by atoms with van der Waals surface area (Å²) in [5.74, 6) is 0.674. The van der Waals surface area contributed by atoms with Crippen molar-refractivity contribution in [3.8, 4) is 28.0 Å². The first-order valence-electron chi connectivity index (χ1n) is 17.2. The number of carbonyl (C=O) groups excluding carboxylic acids is 1. The van der Waals surface area contributed by atoms with Crippen molar-refractivity contribution in [3.05, 3.63) is 115 Å². The number of pyridine rings is 2. The highest BCUT2D eigenvalue weighted by molar-refractivity contribution is 6.01. The maximum Gasteiger partial charge on any atom is 0.416 e. The van der Waals surface area contributed by atoms with E-state index in [-0.39, 0.29) is 6.09 Å². The van der Waals surface area contributed by atoms with E-state index in [0.717, 1.165) is 62.6 Å². The molecule has 0 radical (unpaired) electrons. The van der Waals surface area contributed by atoms with Crippen molar-refractivity contribution in [1.29, 1.82) is 0 Å². The van der Waals surface area contributed by atoms with Gasteiger partial charge in [0.25, 0.3) is 0 Å². The SMILES string of the molecule is CC(C)(C)OC(=O)N1CCN(Cc2ccc(-c3cn(C(=O)O)c4ccncc34)c(OCCc3ccc(-c4cccc5ccncc45)cc3)c2)CC1. The summed E-state index contributed by atoms with van der Waals surface area (Å²) in [6.07, 6.45) is 7.98. The largest absolute Gasteiger partial charge is 0.493 e. The van der Waals surface area contributed by atoms with Crippen molar-refractivity contribution in [1.82, 2.24) is 24.3 Å². The molecule has 6 aromatic rings. The van der Waals surface area contributed by atoms with Gasteiger partial charge in [0.15, 0.2) is 0 Å². The smallest absolute Gasteiger partial charge is 0.416 e.